The minimum atomic E-state index is -0.0506. The lowest BCUT2D eigenvalue weighted by Crippen LogP contribution is -2.43. The molecule has 0 aromatic heterocycles. The molecule has 2 rings (SSSR count). The topological polar surface area (TPSA) is 52.9 Å². The van der Waals surface area contributed by atoms with Crippen LogP contribution in [-0.2, 0) is 0 Å². The fourth-order valence-electron chi connectivity index (χ4n) is 2.32. The number of benzene rings is 1. The van der Waals surface area contributed by atoms with Crippen molar-refractivity contribution < 1.29 is 4.79 Å². The van der Waals surface area contributed by atoms with Crippen molar-refractivity contribution in [2.45, 2.75) is 38.1 Å². The van der Waals surface area contributed by atoms with E-state index in [4.69, 9.17) is 5.26 Å². The van der Waals surface area contributed by atoms with E-state index < -0.39 is 0 Å². The molecule has 17 heavy (non-hydrogen) atoms. The van der Waals surface area contributed by atoms with Crippen molar-refractivity contribution in [2.24, 2.45) is 0 Å². The largest absolute Gasteiger partial charge is 0.347 e. The van der Waals surface area contributed by atoms with Crippen molar-refractivity contribution in [1.82, 2.24) is 5.32 Å². The predicted molar refractivity (Wildman–Crippen MR) is 65.5 cm³/mol. The van der Waals surface area contributed by atoms with Gasteiger partial charge in [0.25, 0.3) is 5.91 Å². The van der Waals surface area contributed by atoms with E-state index in [0.717, 1.165) is 12.8 Å². The maximum atomic E-state index is 12.0. The molecule has 3 nitrogen and oxygen atoms in total. The Morgan fingerprint density at radius 2 is 1.88 bits per heavy atom. The van der Waals surface area contributed by atoms with Gasteiger partial charge in [-0.3, -0.25) is 4.79 Å². The summed E-state index contributed by atoms with van der Waals surface area (Å²) in [7, 11) is 0. The highest BCUT2D eigenvalue weighted by Crippen LogP contribution is 2.29. The number of carbonyl (C=O) groups excluding carboxylic acids is 1. The molecule has 0 unspecified atom stereocenters. The Morgan fingerprint density at radius 1 is 1.29 bits per heavy atom. The van der Waals surface area contributed by atoms with Gasteiger partial charge in [0, 0.05) is 11.1 Å². The molecule has 88 valence electrons. The summed E-state index contributed by atoms with van der Waals surface area (Å²) in [5, 5.41) is 11.8. The van der Waals surface area contributed by atoms with Crippen LogP contribution in [0.1, 0.15) is 48.5 Å². The van der Waals surface area contributed by atoms with E-state index in [1.165, 1.54) is 12.8 Å². The average molecular weight is 228 g/mol. The van der Waals surface area contributed by atoms with Gasteiger partial charge in [0.2, 0.25) is 0 Å². The third-order valence-corrected chi connectivity index (χ3v) is 3.40. The van der Waals surface area contributed by atoms with Gasteiger partial charge in [-0.1, -0.05) is 12.8 Å². The Bertz CT molecular complexity index is 450. The van der Waals surface area contributed by atoms with E-state index in [9.17, 15) is 4.79 Å². The molecule has 3 heteroatoms. The minimum absolute atomic E-state index is 0.0427. The van der Waals surface area contributed by atoms with Crippen molar-refractivity contribution in [2.75, 3.05) is 0 Å². The summed E-state index contributed by atoms with van der Waals surface area (Å²) in [5.74, 6) is -0.0427. The van der Waals surface area contributed by atoms with E-state index in [1.54, 1.807) is 24.3 Å². The molecule has 1 amide bonds. The van der Waals surface area contributed by atoms with Crippen molar-refractivity contribution in [1.29, 1.82) is 5.26 Å². The number of hydrogen-bond donors (Lipinski definition) is 1. The summed E-state index contributed by atoms with van der Waals surface area (Å²) in [5.41, 5.74) is 1.15. The summed E-state index contributed by atoms with van der Waals surface area (Å²) in [4.78, 5) is 12.0. The second-order valence-corrected chi connectivity index (χ2v) is 4.91. The molecule has 1 aliphatic rings. The zero-order valence-electron chi connectivity index (χ0n) is 9.99. The molecule has 0 atom stereocenters. The summed E-state index contributed by atoms with van der Waals surface area (Å²) >= 11 is 0. The lowest BCUT2D eigenvalue weighted by molar-refractivity contribution is 0.0908. The Kier molecular flexibility index (Phi) is 3.14. The zero-order chi connectivity index (χ0) is 12.3. The van der Waals surface area contributed by atoms with Crippen LogP contribution in [0, 0.1) is 11.3 Å². The van der Waals surface area contributed by atoms with Crippen LogP contribution in [0.5, 0.6) is 0 Å². The molecule has 0 radical (unpaired) electrons. The van der Waals surface area contributed by atoms with E-state index in [-0.39, 0.29) is 11.4 Å². The number of nitrogens with one attached hydrogen (secondary N) is 1. The standard InChI is InChI=1S/C14H16N2O/c1-14(8-2-3-9-14)16-13(17)12-6-4-11(10-15)5-7-12/h4-7H,2-3,8-9H2,1H3,(H,16,17). The maximum absolute atomic E-state index is 12.0. The zero-order valence-corrected chi connectivity index (χ0v) is 9.99. The van der Waals surface area contributed by atoms with Gasteiger partial charge in [-0.25, -0.2) is 0 Å². The molecule has 1 aromatic rings. The van der Waals surface area contributed by atoms with Crippen molar-refractivity contribution in [3.63, 3.8) is 0 Å². The van der Waals surface area contributed by atoms with Crippen LogP contribution in [-0.4, -0.2) is 11.4 Å². The van der Waals surface area contributed by atoms with Crippen LogP contribution in [0.15, 0.2) is 24.3 Å². The van der Waals surface area contributed by atoms with Crippen LogP contribution in [0.4, 0.5) is 0 Å². The number of nitriles is 1. The normalized spacial score (nSPS) is 17.4. The lowest BCUT2D eigenvalue weighted by atomic mass is 10.00. The number of rotatable bonds is 2. The number of amides is 1. The van der Waals surface area contributed by atoms with Crippen LogP contribution < -0.4 is 5.32 Å². The van der Waals surface area contributed by atoms with E-state index in [2.05, 4.69) is 12.2 Å². The predicted octanol–water partition coefficient (Wildman–Crippen LogP) is 2.62. The minimum Gasteiger partial charge on any atom is -0.347 e. The first-order valence-electron chi connectivity index (χ1n) is 5.96. The molecule has 0 aliphatic heterocycles. The molecule has 1 aliphatic carbocycles. The molecule has 0 bridgehead atoms. The molecule has 0 saturated heterocycles. The fourth-order valence-corrected chi connectivity index (χ4v) is 2.32. The number of nitrogens with zero attached hydrogens (tertiary/aromatic N) is 1. The van der Waals surface area contributed by atoms with Crippen LogP contribution in [0.25, 0.3) is 0 Å². The highest BCUT2D eigenvalue weighted by molar-refractivity contribution is 5.94. The third-order valence-electron chi connectivity index (χ3n) is 3.40. The lowest BCUT2D eigenvalue weighted by Gasteiger charge is -2.25. The summed E-state index contributed by atoms with van der Waals surface area (Å²) in [6.45, 7) is 2.10. The number of hydrogen-bond acceptors (Lipinski definition) is 2. The van der Waals surface area contributed by atoms with Gasteiger partial charge in [-0.2, -0.15) is 5.26 Å². The molecule has 1 fully saturated rings. The molecule has 0 spiro atoms. The second-order valence-electron chi connectivity index (χ2n) is 4.91. The van der Waals surface area contributed by atoms with E-state index in [0.29, 0.717) is 11.1 Å². The van der Waals surface area contributed by atoms with Crippen molar-refractivity contribution in [3.8, 4) is 6.07 Å². The smallest absolute Gasteiger partial charge is 0.251 e. The van der Waals surface area contributed by atoms with Gasteiger partial charge >= 0.3 is 0 Å². The van der Waals surface area contributed by atoms with E-state index in [1.807, 2.05) is 6.07 Å². The molecule has 0 heterocycles. The molecular formula is C14H16N2O. The van der Waals surface area contributed by atoms with Gasteiger partial charge in [0.15, 0.2) is 0 Å². The van der Waals surface area contributed by atoms with Gasteiger partial charge in [0.1, 0.15) is 0 Å². The van der Waals surface area contributed by atoms with Gasteiger partial charge in [-0.05, 0) is 44.0 Å². The third kappa shape index (κ3) is 2.65. The Hall–Kier alpha value is -1.82. The molecular weight excluding hydrogens is 212 g/mol. The first-order chi connectivity index (χ1) is 8.13. The molecule has 1 saturated carbocycles. The van der Waals surface area contributed by atoms with Crippen LogP contribution in [0.2, 0.25) is 0 Å². The Morgan fingerprint density at radius 3 is 2.41 bits per heavy atom. The van der Waals surface area contributed by atoms with Gasteiger partial charge in [0.05, 0.1) is 11.6 Å². The highest BCUT2D eigenvalue weighted by Gasteiger charge is 2.30. The quantitative estimate of drug-likeness (QED) is 0.846. The summed E-state index contributed by atoms with van der Waals surface area (Å²) in [6.07, 6.45) is 4.47. The van der Waals surface area contributed by atoms with Crippen LogP contribution >= 0.6 is 0 Å². The van der Waals surface area contributed by atoms with E-state index >= 15 is 0 Å². The Labute approximate surface area is 101 Å². The fraction of sp³-hybridized carbons (Fsp3) is 0.429. The first-order valence-corrected chi connectivity index (χ1v) is 5.96. The Balaban J connectivity index is 2.07. The summed E-state index contributed by atoms with van der Waals surface area (Å²) < 4.78 is 0. The van der Waals surface area contributed by atoms with Crippen molar-refractivity contribution in [3.05, 3.63) is 35.4 Å². The first kappa shape index (κ1) is 11.7. The van der Waals surface area contributed by atoms with Gasteiger partial charge < -0.3 is 5.32 Å². The van der Waals surface area contributed by atoms with Crippen molar-refractivity contribution >= 4 is 5.91 Å². The van der Waals surface area contributed by atoms with Crippen LogP contribution in [0.3, 0.4) is 0 Å². The highest BCUT2D eigenvalue weighted by atomic mass is 16.1. The molecule has 1 aromatic carbocycles. The maximum Gasteiger partial charge on any atom is 0.251 e. The monoisotopic (exact) mass is 228 g/mol. The van der Waals surface area contributed by atoms with Gasteiger partial charge in [-0.15, -0.1) is 0 Å². The number of carbonyl (C=O) groups is 1. The summed E-state index contributed by atoms with van der Waals surface area (Å²) in [6, 6.07) is 8.79. The second kappa shape index (κ2) is 4.58. The SMILES string of the molecule is CC1(NC(=O)c2ccc(C#N)cc2)CCCC1. The average Bonchev–Trinajstić information content (AvgIpc) is 2.76. The molecule has 1 N–H and O–H groups in total.